The number of anilines is 2. The zero-order chi connectivity index (χ0) is 13.8. The summed E-state index contributed by atoms with van der Waals surface area (Å²) in [6.07, 6.45) is 3.08. The molecule has 1 amide bonds. The lowest BCUT2D eigenvalue weighted by Crippen LogP contribution is -2.26. The Balaban J connectivity index is 2.30. The van der Waals surface area contributed by atoms with Gasteiger partial charge in [-0.3, -0.25) is 9.78 Å². The Morgan fingerprint density at radius 1 is 1.26 bits per heavy atom. The molecule has 98 valence electrons. The Labute approximate surface area is 111 Å². The van der Waals surface area contributed by atoms with Crippen molar-refractivity contribution in [3.05, 3.63) is 48.3 Å². The highest BCUT2D eigenvalue weighted by Crippen LogP contribution is 2.21. The molecule has 19 heavy (non-hydrogen) atoms. The van der Waals surface area contributed by atoms with Gasteiger partial charge in [0.25, 0.3) is 5.91 Å². The van der Waals surface area contributed by atoms with Gasteiger partial charge < -0.3 is 15.4 Å². The molecule has 0 spiro atoms. The summed E-state index contributed by atoms with van der Waals surface area (Å²) < 4.78 is 5.14. The summed E-state index contributed by atoms with van der Waals surface area (Å²) in [5, 5.41) is 0. The molecule has 0 aliphatic rings. The maximum Gasteiger partial charge on any atom is 0.261 e. The van der Waals surface area contributed by atoms with Crippen molar-refractivity contribution in [3.63, 3.8) is 0 Å². The largest absolute Gasteiger partial charge is 0.494 e. The zero-order valence-electron chi connectivity index (χ0n) is 10.8. The number of amides is 1. The molecule has 2 rings (SSSR count). The summed E-state index contributed by atoms with van der Waals surface area (Å²) in [6, 6.07) is 8.72. The van der Waals surface area contributed by atoms with E-state index in [9.17, 15) is 4.79 Å². The minimum absolute atomic E-state index is 0.163. The number of carbonyl (C=O) groups excluding carboxylic acids is 1. The number of methoxy groups -OCH3 is 1. The van der Waals surface area contributed by atoms with Gasteiger partial charge in [0.1, 0.15) is 5.75 Å². The quantitative estimate of drug-likeness (QED) is 0.853. The van der Waals surface area contributed by atoms with Gasteiger partial charge in [-0.05, 0) is 30.3 Å². The Hall–Kier alpha value is -2.56. The first-order valence-corrected chi connectivity index (χ1v) is 5.75. The van der Waals surface area contributed by atoms with Crippen LogP contribution in [0.5, 0.6) is 5.75 Å². The number of nitrogens with two attached hydrogens (primary N) is 1. The second-order valence-electron chi connectivity index (χ2n) is 4.03. The molecule has 1 aromatic heterocycles. The van der Waals surface area contributed by atoms with E-state index in [1.54, 1.807) is 43.6 Å². The highest BCUT2D eigenvalue weighted by Gasteiger charge is 2.17. The van der Waals surface area contributed by atoms with E-state index in [-0.39, 0.29) is 5.91 Å². The van der Waals surface area contributed by atoms with E-state index >= 15 is 0 Å². The SMILES string of the molecule is COc1cnccc1C(=O)N(C)c1ccc(N)cc1. The summed E-state index contributed by atoms with van der Waals surface area (Å²) in [5.41, 5.74) is 7.52. The molecule has 2 aromatic rings. The number of nitrogen functional groups attached to an aromatic ring is 1. The second kappa shape index (κ2) is 5.39. The van der Waals surface area contributed by atoms with Crippen molar-refractivity contribution in [2.75, 3.05) is 24.8 Å². The molecule has 1 aromatic carbocycles. The average molecular weight is 257 g/mol. The van der Waals surface area contributed by atoms with Crippen molar-refractivity contribution in [1.82, 2.24) is 4.98 Å². The third-order valence-corrected chi connectivity index (χ3v) is 2.82. The molecule has 0 unspecified atom stereocenters. The minimum atomic E-state index is -0.163. The van der Waals surface area contributed by atoms with Crippen LogP contribution in [0.1, 0.15) is 10.4 Å². The van der Waals surface area contributed by atoms with Crippen LogP contribution in [0.2, 0.25) is 0 Å². The van der Waals surface area contributed by atoms with Crippen molar-refractivity contribution in [1.29, 1.82) is 0 Å². The van der Waals surface area contributed by atoms with E-state index in [2.05, 4.69) is 4.98 Å². The first-order valence-electron chi connectivity index (χ1n) is 5.75. The van der Waals surface area contributed by atoms with Crippen LogP contribution in [0.3, 0.4) is 0 Å². The van der Waals surface area contributed by atoms with E-state index in [1.807, 2.05) is 0 Å². The number of nitrogens with zero attached hydrogens (tertiary/aromatic N) is 2. The summed E-state index contributed by atoms with van der Waals surface area (Å²) in [5.74, 6) is 0.291. The fraction of sp³-hybridized carbons (Fsp3) is 0.143. The first-order chi connectivity index (χ1) is 9.13. The van der Waals surface area contributed by atoms with Crippen LogP contribution in [0.25, 0.3) is 0 Å². The van der Waals surface area contributed by atoms with Gasteiger partial charge in [-0.2, -0.15) is 0 Å². The van der Waals surface area contributed by atoms with Crippen molar-refractivity contribution in [2.45, 2.75) is 0 Å². The van der Waals surface area contributed by atoms with Crippen LogP contribution in [0.4, 0.5) is 11.4 Å². The topological polar surface area (TPSA) is 68.5 Å². The molecule has 5 heteroatoms. The molecule has 0 atom stereocenters. The van der Waals surface area contributed by atoms with Gasteiger partial charge >= 0.3 is 0 Å². The number of pyridine rings is 1. The van der Waals surface area contributed by atoms with Gasteiger partial charge in [-0.1, -0.05) is 0 Å². The molecule has 0 aliphatic heterocycles. The lowest BCUT2D eigenvalue weighted by molar-refractivity contribution is 0.0990. The molecular weight excluding hydrogens is 242 g/mol. The predicted octanol–water partition coefficient (Wildman–Crippen LogP) is 1.95. The Morgan fingerprint density at radius 3 is 2.58 bits per heavy atom. The van der Waals surface area contributed by atoms with Crippen molar-refractivity contribution in [3.8, 4) is 5.75 Å². The summed E-state index contributed by atoms with van der Waals surface area (Å²) in [7, 11) is 3.21. The third kappa shape index (κ3) is 2.65. The Morgan fingerprint density at radius 2 is 1.95 bits per heavy atom. The zero-order valence-corrected chi connectivity index (χ0v) is 10.8. The lowest BCUT2D eigenvalue weighted by atomic mass is 10.2. The van der Waals surface area contributed by atoms with Gasteiger partial charge in [-0.25, -0.2) is 0 Å². The highest BCUT2D eigenvalue weighted by atomic mass is 16.5. The second-order valence-corrected chi connectivity index (χ2v) is 4.03. The molecular formula is C14H15N3O2. The third-order valence-electron chi connectivity index (χ3n) is 2.82. The summed E-state index contributed by atoms with van der Waals surface area (Å²) >= 11 is 0. The van der Waals surface area contributed by atoms with Gasteiger partial charge in [0.05, 0.1) is 18.9 Å². The maximum atomic E-state index is 12.4. The molecule has 5 nitrogen and oxygen atoms in total. The molecule has 0 fully saturated rings. The fourth-order valence-corrected chi connectivity index (χ4v) is 1.72. The fourth-order valence-electron chi connectivity index (χ4n) is 1.72. The van der Waals surface area contributed by atoms with Gasteiger partial charge in [0, 0.05) is 24.6 Å². The molecule has 0 aliphatic carbocycles. The van der Waals surface area contributed by atoms with E-state index < -0.39 is 0 Å². The molecule has 0 saturated heterocycles. The van der Waals surface area contributed by atoms with E-state index in [1.165, 1.54) is 18.2 Å². The number of hydrogen-bond donors (Lipinski definition) is 1. The highest BCUT2D eigenvalue weighted by molar-refractivity contribution is 6.07. The van der Waals surface area contributed by atoms with Gasteiger partial charge in [-0.15, -0.1) is 0 Å². The van der Waals surface area contributed by atoms with E-state index in [0.717, 1.165) is 5.69 Å². The number of ether oxygens (including phenoxy) is 1. The monoisotopic (exact) mass is 257 g/mol. The van der Waals surface area contributed by atoms with E-state index in [0.29, 0.717) is 17.0 Å². The van der Waals surface area contributed by atoms with Gasteiger partial charge in [0.2, 0.25) is 0 Å². The summed E-state index contributed by atoms with van der Waals surface area (Å²) in [4.78, 5) is 17.9. The lowest BCUT2D eigenvalue weighted by Gasteiger charge is -2.18. The van der Waals surface area contributed by atoms with Crippen LogP contribution in [-0.2, 0) is 0 Å². The number of benzene rings is 1. The smallest absolute Gasteiger partial charge is 0.261 e. The van der Waals surface area contributed by atoms with Crippen LogP contribution in [0, 0.1) is 0 Å². The minimum Gasteiger partial charge on any atom is -0.494 e. The number of hydrogen-bond acceptors (Lipinski definition) is 4. The van der Waals surface area contributed by atoms with E-state index in [4.69, 9.17) is 10.5 Å². The van der Waals surface area contributed by atoms with Crippen LogP contribution in [0.15, 0.2) is 42.7 Å². The number of aromatic nitrogens is 1. The first kappa shape index (κ1) is 12.9. The van der Waals surface area contributed by atoms with Crippen molar-refractivity contribution < 1.29 is 9.53 Å². The van der Waals surface area contributed by atoms with Crippen LogP contribution in [-0.4, -0.2) is 25.0 Å². The van der Waals surface area contributed by atoms with Crippen molar-refractivity contribution in [2.24, 2.45) is 0 Å². The molecule has 2 N–H and O–H groups in total. The Bertz CT molecular complexity index is 581. The predicted molar refractivity (Wildman–Crippen MR) is 74.4 cm³/mol. The standard InChI is InChI=1S/C14H15N3O2/c1-17(11-5-3-10(15)4-6-11)14(18)12-7-8-16-9-13(12)19-2/h3-9H,15H2,1-2H3. The number of carbonyl (C=O) groups is 1. The van der Waals surface area contributed by atoms with Crippen LogP contribution < -0.4 is 15.4 Å². The number of rotatable bonds is 3. The molecule has 0 bridgehead atoms. The Kier molecular flexibility index (Phi) is 3.66. The summed E-state index contributed by atoms with van der Waals surface area (Å²) in [6.45, 7) is 0. The normalized spacial score (nSPS) is 10.0. The van der Waals surface area contributed by atoms with Gasteiger partial charge in [0.15, 0.2) is 0 Å². The van der Waals surface area contributed by atoms with Crippen LogP contribution >= 0.6 is 0 Å². The molecule has 0 radical (unpaired) electrons. The van der Waals surface area contributed by atoms with Crippen molar-refractivity contribution >= 4 is 17.3 Å². The molecule has 0 saturated carbocycles. The molecule has 1 heterocycles. The maximum absolute atomic E-state index is 12.4. The average Bonchev–Trinajstić information content (AvgIpc) is 2.46.